The molecule has 0 rings (SSSR count). The number of hydrogen-bond acceptors (Lipinski definition) is 6. The normalized spacial score (nSPS) is 12.0. The molecule has 0 amide bonds. The standard InChI is InChI=1S/C58H112O6/c1-5-7-9-11-13-15-17-18-19-20-21-22-23-27-30-34-37-41-45-49-56(59)62-52-55(64-58(61)51-47-43-39-33-16-14-12-10-8-6-2)53-63-57(60)50-46-42-38-35-31-28-25-24-26-29-32-36-40-44-48-54(3)4/h54-55H,5-53H2,1-4H3/t55-/m1/s1. The number of unbranched alkanes of at least 4 members (excludes halogenated alkanes) is 40. The number of carbonyl (C=O) groups is 3. The maximum absolute atomic E-state index is 12.8. The lowest BCUT2D eigenvalue weighted by Crippen LogP contribution is -2.30. The Morgan fingerprint density at radius 2 is 0.516 bits per heavy atom. The van der Waals surface area contributed by atoms with Gasteiger partial charge in [-0.05, 0) is 25.2 Å². The first-order valence-corrected chi connectivity index (χ1v) is 28.9. The molecule has 0 aliphatic carbocycles. The first-order chi connectivity index (χ1) is 31.4. The van der Waals surface area contributed by atoms with E-state index in [2.05, 4.69) is 27.7 Å². The Balaban J connectivity index is 4.20. The van der Waals surface area contributed by atoms with E-state index in [9.17, 15) is 14.4 Å². The summed E-state index contributed by atoms with van der Waals surface area (Å²) in [5.41, 5.74) is 0. The van der Waals surface area contributed by atoms with Crippen molar-refractivity contribution in [2.45, 2.75) is 336 Å². The highest BCUT2D eigenvalue weighted by Crippen LogP contribution is 2.18. The molecule has 380 valence electrons. The van der Waals surface area contributed by atoms with Crippen molar-refractivity contribution in [3.8, 4) is 0 Å². The smallest absolute Gasteiger partial charge is 0.306 e. The average Bonchev–Trinajstić information content (AvgIpc) is 3.28. The fourth-order valence-corrected chi connectivity index (χ4v) is 8.92. The first-order valence-electron chi connectivity index (χ1n) is 28.9. The van der Waals surface area contributed by atoms with Crippen LogP contribution in [0.4, 0.5) is 0 Å². The van der Waals surface area contributed by atoms with E-state index >= 15 is 0 Å². The van der Waals surface area contributed by atoms with Crippen LogP contribution in [-0.4, -0.2) is 37.2 Å². The molecule has 0 unspecified atom stereocenters. The summed E-state index contributed by atoms with van der Waals surface area (Å²) in [4.78, 5) is 38.0. The van der Waals surface area contributed by atoms with Crippen molar-refractivity contribution in [1.29, 1.82) is 0 Å². The van der Waals surface area contributed by atoms with Crippen LogP contribution in [0.25, 0.3) is 0 Å². The molecule has 0 saturated heterocycles. The van der Waals surface area contributed by atoms with Crippen LogP contribution < -0.4 is 0 Å². The van der Waals surface area contributed by atoms with Gasteiger partial charge >= 0.3 is 17.9 Å². The number of carbonyl (C=O) groups excluding carboxylic acids is 3. The van der Waals surface area contributed by atoms with Crippen molar-refractivity contribution in [2.75, 3.05) is 13.2 Å². The lowest BCUT2D eigenvalue weighted by atomic mass is 10.0. The Bertz CT molecular complexity index is 964. The fraction of sp³-hybridized carbons (Fsp3) is 0.948. The molecule has 0 fully saturated rings. The van der Waals surface area contributed by atoms with Crippen LogP contribution in [0.5, 0.6) is 0 Å². The van der Waals surface area contributed by atoms with Gasteiger partial charge in [-0.1, -0.05) is 291 Å². The minimum Gasteiger partial charge on any atom is -0.462 e. The van der Waals surface area contributed by atoms with Gasteiger partial charge in [-0.15, -0.1) is 0 Å². The molecule has 0 aliphatic heterocycles. The third-order valence-corrected chi connectivity index (χ3v) is 13.3. The minimum absolute atomic E-state index is 0.0621. The monoisotopic (exact) mass is 905 g/mol. The second-order valence-corrected chi connectivity index (χ2v) is 20.4. The van der Waals surface area contributed by atoms with Crippen LogP contribution >= 0.6 is 0 Å². The molecule has 6 nitrogen and oxygen atoms in total. The molecule has 0 bridgehead atoms. The van der Waals surface area contributed by atoms with E-state index in [1.165, 1.54) is 225 Å². The van der Waals surface area contributed by atoms with Crippen LogP contribution in [0.1, 0.15) is 329 Å². The van der Waals surface area contributed by atoms with Gasteiger partial charge in [-0.3, -0.25) is 14.4 Å². The molecular formula is C58H112O6. The summed E-state index contributed by atoms with van der Waals surface area (Å²) >= 11 is 0. The van der Waals surface area contributed by atoms with E-state index in [-0.39, 0.29) is 31.1 Å². The second-order valence-electron chi connectivity index (χ2n) is 20.4. The quantitative estimate of drug-likeness (QED) is 0.0344. The predicted octanol–water partition coefficient (Wildman–Crippen LogP) is 19.0. The van der Waals surface area contributed by atoms with Gasteiger partial charge in [0.15, 0.2) is 6.10 Å². The fourth-order valence-electron chi connectivity index (χ4n) is 8.92. The van der Waals surface area contributed by atoms with Crippen LogP contribution in [-0.2, 0) is 28.6 Å². The van der Waals surface area contributed by atoms with Gasteiger partial charge in [0.05, 0.1) is 0 Å². The summed E-state index contributed by atoms with van der Waals surface area (Å²) in [6.07, 6.45) is 56.7. The molecule has 1 atom stereocenters. The zero-order valence-electron chi connectivity index (χ0n) is 43.8. The Labute approximate surface area is 399 Å². The molecule has 0 heterocycles. The van der Waals surface area contributed by atoms with E-state index in [1.54, 1.807) is 0 Å². The lowest BCUT2D eigenvalue weighted by molar-refractivity contribution is -0.167. The Hall–Kier alpha value is -1.59. The molecule has 0 spiro atoms. The first kappa shape index (κ1) is 62.4. The summed E-state index contributed by atoms with van der Waals surface area (Å²) in [5, 5.41) is 0. The zero-order valence-corrected chi connectivity index (χ0v) is 43.8. The summed E-state index contributed by atoms with van der Waals surface area (Å²) in [5.74, 6) is 0.00664. The molecule has 0 aromatic rings. The number of rotatable bonds is 53. The summed E-state index contributed by atoms with van der Waals surface area (Å²) in [7, 11) is 0. The minimum atomic E-state index is -0.761. The molecule has 0 saturated carbocycles. The molecule has 0 aromatic heterocycles. The van der Waals surface area contributed by atoms with E-state index in [0.29, 0.717) is 19.3 Å². The Morgan fingerprint density at radius 1 is 0.297 bits per heavy atom. The van der Waals surface area contributed by atoms with Gasteiger partial charge in [0.2, 0.25) is 0 Å². The van der Waals surface area contributed by atoms with E-state index in [0.717, 1.165) is 63.7 Å². The molecular weight excluding hydrogens is 793 g/mol. The highest BCUT2D eigenvalue weighted by Gasteiger charge is 2.19. The van der Waals surface area contributed by atoms with Gasteiger partial charge in [0.1, 0.15) is 13.2 Å². The summed E-state index contributed by atoms with van der Waals surface area (Å²) in [6, 6.07) is 0. The predicted molar refractivity (Wildman–Crippen MR) is 275 cm³/mol. The number of esters is 3. The van der Waals surface area contributed by atoms with Gasteiger partial charge in [-0.2, -0.15) is 0 Å². The highest BCUT2D eigenvalue weighted by atomic mass is 16.6. The summed E-state index contributed by atoms with van der Waals surface area (Å²) in [6.45, 7) is 9.05. The molecule has 6 heteroatoms. The van der Waals surface area contributed by atoms with Gasteiger partial charge < -0.3 is 14.2 Å². The van der Waals surface area contributed by atoms with Crippen molar-refractivity contribution < 1.29 is 28.6 Å². The summed E-state index contributed by atoms with van der Waals surface area (Å²) < 4.78 is 16.9. The zero-order chi connectivity index (χ0) is 46.7. The van der Waals surface area contributed by atoms with Crippen LogP contribution in [0.3, 0.4) is 0 Å². The van der Waals surface area contributed by atoms with Crippen LogP contribution in [0.15, 0.2) is 0 Å². The van der Waals surface area contributed by atoms with Gasteiger partial charge in [0.25, 0.3) is 0 Å². The third kappa shape index (κ3) is 51.4. The SMILES string of the molecule is CCCCCCCCCCCCCCCCCCCCCC(=O)OC[C@H](COC(=O)CCCCCCCCCCCCCCCCC(C)C)OC(=O)CCCCCCCCCCCC. The van der Waals surface area contributed by atoms with Crippen molar-refractivity contribution in [3.63, 3.8) is 0 Å². The highest BCUT2D eigenvalue weighted by molar-refractivity contribution is 5.71. The van der Waals surface area contributed by atoms with Gasteiger partial charge in [0, 0.05) is 19.3 Å². The largest absolute Gasteiger partial charge is 0.462 e. The Kier molecular flexibility index (Phi) is 51.1. The number of hydrogen-bond donors (Lipinski definition) is 0. The average molecular weight is 906 g/mol. The van der Waals surface area contributed by atoms with E-state index in [1.807, 2.05) is 0 Å². The topological polar surface area (TPSA) is 78.9 Å². The van der Waals surface area contributed by atoms with Gasteiger partial charge in [-0.25, -0.2) is 0 Å². The second kappa shape index (κ2) is 52.4. The van der Waals surface area contributed by atoms with Crippen molar-refractivity contribution >= 4 is 17.9 Å². The van der Waals surface area contributed by atoms with E-state index in [4.69, 9.17) is 14.2 Å². The van der Waals surface area contributed by atoms with Crippen molar-refractivity contribution in [1.82, 2.24) is 0 Å². The lowest BCUT2D eigenvalue weighted by Gasteiger charge is -2.18. The van der Waals surface area contributed by atoms with E-state index < -0.39 is 6.10 Å². The number of ether oxygens (including phenoxy) is 3. The third-order valence-electron chi connectivity index (χ3n) is 13.3. The van der Waals surface area contributed by atoms with Crippen LogP contribution in [0.2, 0.25) is 0 Å². The molecule has 0 N–H and O–H groups in total. The molecule has 64 heavy (non-hydrogen) atoms. The molecule has 0 aliphatic rings. The molecule has 0 aromatic carbocycles. The maximum Gasteiger partial charge on any atom is 0.306 e. The maximum atomic E-state index is 12.8. The van der Waals surface area contributed by atoms with Crippen molar-refractivity contribution in [2.24, 2.45) is 5.92 Å². The van der Waals surface area contributed by atoms with Crippen molar-refractivity contribution in [3.05, 3.63) is 0 Å². The Morgan fingerprint density at radius 3 is 0.766 bits per heavy atom. The molecule has 0 radical (unpaired) electrons. The van der Waals surface area contributed by atoms with Crippen LogP contribution in [0, 0.1) is 5.92 Å².